The summed E-state index contributed by atoms with van der Waals surface area (Å²) in [6, 6.07) is 3.88. The molecule has 0 aliphatic carbocycles. The molecule has 0 heterocycles. The number of hydrogen-bond donors (Lipinski definition) is 0. The van der Waals surface area contributed by atoms with E-state index in [9.17, 15) is 12.8 Å². The summed E-state index contributed by atoms with van der Waals surface area (Å²) in [6.07, 6.45) is 0. The first kappa shape index (κ1) is 11.1. The molecule has 14 heavy (non-hydrogen) atoms. The zero-order chi connectivity index (χ0) is 10.9. The van der Waals surface area contributed by atoms with Gasteiger partial charge in [-0.1, -0.05) is 6.07 Å². The van der Waals surface area contributed by atoms with Gasteiger partial charge in [-0.15, -0.1) is 0 Å². The Morgan fingerprint density at radius 1 is 1.29 bits per heavy atom. The fourth-order valence-corrected chi connectivity index (χ4v) is 1.86. The molecule has 0 spiro atoms. The number of benzene rings is 1. The second-order valence-electron chi connectivity index (χ2n) is 3.20. The number of rotatable bonds is 2. The predicted octanol–water partition coefficient (Wildman–Crippen LogP) is 1.38. The minimum absolute atomic E-state index is 0.0226. The van der Waals surface area contributed by atoms with Crippen LogP contribution in [0.2, 0.25) is 0 Å². The Balaban J connectivity index is 3.29. The van der Waals surface area contributed by atoms with Gasteiger partial charge in [0, 0.05) is 14.1 Å². The van der Waals surface area contributed by atoms with Gasteiger partial charge in [0.2, 0.25) is 10.0 Å². The summed E-state index contributed by atoms with van der Waals surface area (Å²) < 4.78 is 37.3. The molecule has 0 aromatic heterocycles. The van der Waals surface area contributed by atoms with Crippen LogP contribution in [0, 0.1) is 12.7 Å². The van der Waals surface area contributed by atoms with Crippen LogP contribution in [0.5, 0.6) is 0 Å². The summed E-state index contributed by atoms with van der Waals surface area (Å²) in [6.45, 7) is 1.58. The Labute approximate surface area is 83.2 Å². The average Bonchev–Trinajstić information content (AvgIpc) is 2.09. The zero-order valence-electron chi connectivity index (χ0n) is 8.28. The van der Waals surface area contributed by atoms with Gasteiger partial charge in [0.25, 0.3) is 0 Å². The molecule has 0 bridgehead atoms. The van der Waals surface area contributed by atoms with E-state index >= 15 is 0 Å². The monoisotopic (exact) mass is 217 g/mol. The maximum absolute atomic E-state index is 13.1. The zero-order valence-corrected chi connectivity index (χ0v) is 9.10. The SMILES string of the molecule is Cc1ccc(S(=O)(=O)N(C)C)cc1F. The van der Waals surface area contributed by atoms with E-state index in [-0.39, 0.29) is 4.90 Å². The molecule has 0 unspecified atom stereocenters. The molecule has 0 aliphatic rings. The van der Waals surface area contributed by atoms with Gasteiger partial charge in [-0.05, 0) is 24.6 Å². The summed E-state index contributed by atoms with van der Waals surface area (Å²) in [5, 5.41) is 0. The molecule has 3 nitrogen and oxygen atoms in total. The first-order valence-corrected chi connectivity index (χ1v) is 5.48. The van der Waals surface area contributed by atoms with Crippen LogP contribution in [-0.4, -0.2) is 26.8 Å². The molecule has 0 amide bonds. The molecule has 78 valence electrons. The van der Waals surface area contributed by atoms with Crippen molar-refractivity contribution in [1.29, 1.82) is 0 Å². The molecule has 0 radical (unpaired) electrons. The number of halogens is 1. The van der Waals surface area contributed by atoms with Crippen LogP contribution in [0.25, 0.3) is 0 Å². The van der Waals surface area contributed by atoms with E-state index in [2.05, 4.69) is 0 Å². The second kappa shape index (κ2) is 3.67. The topological polar surface area (TPSA) is 37.4 Å². The highest BCUT2D eigenvalue weighted by molar-refractivity contribution is 7.89. The molecule has 5 heteroatoms. The van der Waals surface area contributed by atoms with Crippen LogP contribution in [0.15, 0.2) is 23.1 Å². The van der Waals surface area contributed by atoms with E-state index in [4.69, 9.17) is 0 Å². The van der Waals surface area contributed by atoms with Crippen molar-refractivity contribution in [3.8, 4) is 0 Å². The Morgan fingerprint density at radius 3 is 2.29 bits per heavy atom. The van der Waals surface area contributed by atoms with E-state index in [1.807, 2.05) is 0 Å². The largest absolute Gasteiger partial charge is 0.242 e. The van der Waals surface area contributed by atoms with Crippen LogP contribution in [0.3, 0.4) is 0 Å². The maximum Gasteiger partial charge on any atom is 0.242 e. The van der Waals surface area contributed by atoms with Gasteiger partial charge in [-0.2, -0.15) is 0 Å². The van der Waals surface area contributed by atoms with Crippen molar-refractivity contribution in [2.24, 2.45) is 0 Å². The second-order valence-corrected chi connectivity index (χ2v) is 5.35. The van der Waals surface area contributed by atoms with Crippen LogP contribution < -0.4 is 0 Å². The lowest BCUT2D eigenvalue weighted by Crippen LogP contribution is -2.22. The van der Waals surface area contributed by atoms with Gasteiger partial charge in [-0.25, -0.2) is 17.1 Å². The summed E-state index contributed by atoms with van der Waals surface area (Å²) >= 11 is 0. The lowest BCUT2D eigenvalue weighted by Gasteiger charge is -2.11. The molecule has 0 N–H and O–H groups in total. The van der Waals surface area contributed by atoms with Gasteiger partial charge < -0.3 is 0 Å². The van der Waals surface area contributed by atoms with Gasteiger partial charge in [0.05, 0.1) is 4.90 Å². The van der Waals surface area contributed by atoms with E-state index in [0.29, 0.717) is 5.56 Å². The fraction of sp³-hybridized carbons (Fsp3) is 0.333. The Kier molecular flexibility index (Phi) is 2.92. The standard InChI is InChI=1S/C9H12FNO2S/c1-7-4-5-8(6-9(7)10)14(12,13)11(2)3/h4-6H,1-3H3. The molecule has 0 saturated heterocycles. The van der Waals surface area contributed by atoms with Crippen LogP contribution >= 0.6 is 0 Å². The van der Waals surface area contributed by atoms with Crippen molar-refractivity contribution in [3.63, 3.8) is 0 Å². The highest BCUT2D eigenvalue weighted by Crippen LogP contribution is 2.16. The first-order chi connectivity index (χ1) is 6.35. The van der Waals surface area contributed by atoms with E-state index < -0.39 is 15.8 Å². The average molecular weight is 217 g/mol. The third-order valence-corrected chi connectivity index (χ3v) is 3.73. The minimum Gasteiger partial charge on any atom is -0.207 e. The maximum atomic E-state index is 13.1. The Bertz CT molecular complexity index is 440. The van der Waals surface area contributed by atoms with Crippen molar-refractivity contribution in [3.05, 3.63) is 29.6 Å². The summed E-state index contributed by atoms with van der Waals surface area (Å²) in [5.74, 6) is -0.507. The molecule has 0 fully saturated rings. The molecule has 0 aliphatic heterocycles. The quantitative estimate of drug-likeness (QED) is 0.750. The molecular formula is C9H12FNO2S. The fourth-order valence-electron chi connectivity index (χ4n) is 0.945. The minimum atomic E-state index is -3.52. The number of sulfonamides is 1. The van der Waals surface area contributed by atoms with E-state index in [1.165, 1.54) is 26.2 Å². The van der Waals surface area contributed by atoms with Crippen molar-refractivity contribution >= 4 is 10.0 Å². The first-order valence-electron chi connectivity index (χ1n) is 4.04. The highest BCUT2D eigenvalue weighted by atomic mass is 32.2. The molecule has 1 rings (SSSR count). The van der Waals surface area contributed by atoms with Gasteiger partial charge in [0.15, 0.2) is 0 Å². The van der Waals surface area contributed by atoms with Gasteiger partial charge >= 0.3 is 0 Å². The lowest BCUT2D eigenvalue weighted by atomic mass is 10.2. The van der Waals surface area contributed by atoms with Crippen molar-refractivity contribution in [2.45, 2.75) is 11.8 Å². The van der Waals surface area contributed by atoms with E-state index in [1.54, 1.807) is 6.92 Å². The Hall–Kier alpha value is -0.940. The lowest BCUT2D eigenvalue weighted by molar-refractivity contribution is 0.519. The van der Waals surface area contributed by atoms with Gasteiger partial charge in [0.1, 0.15) is 5.82 Å². The molecular weight excluding hydrogens is 205 g/mol. The number of nitrogens with zero attached hydrogens (tertiary/aromatic N) is 1. The predicted molar refractivity (Wildman–Crippen MR) is 52.0 cm³/mol. The van der Waals surface area contributed by atoms with E-state index in [0.717, 1.165) is 10.4 Å². The van der Waals surface area contributed by atoms with Crippen LogP contribution in [0.1, 0.15) is 5.56 Å². The van der Waals surface area contributed by atoms with Crippen molar-refractivity contribution < 1.29 is 12.8 Å². The smallest absolute Gasteiger partial charge is 0.207 e. The molecule has 1 aromatic carbocycles. The normalized spacial score (nSPS) is 12.1. The highest BCUT2D eigenvalue weighted by Gasteiger charge is 2.17. The summed E-state index contributed by atoms with van der Waals surface area (Å²) in [4.78, 5) is -0.0226. The Morgan fingerprint density at radius 2 is 1.86 bits per heavy atom. The number of aryl methyl sites for hydroxylation is 1. The summed E-state index contributed by atoms with van der Waals surface area (Å²) in [5.41, 5.74) is 0.433. The number of hydrogen-bond acceptors (Lipinski definition) is 2. The van der Waals surface area contributed by atoms with Crippen molar-refractivity contribution in [1.82, 2.24) is 4.31 Å². The van der Waals surface area contributed by atoms with Gasteiger partial charge in [-0.3, -0.25) is 0 Å². The van der Waals surface area contributed by atoms with Crippen LogP contribution in [-0.2, 0) is 10.0 Å². The third kappa shape index (κ3) is 1.93. The molecule has 0 saturated carbocycles. The molecule has 0 atom stereocenters. The van der Waals surface area contributed by atoms with Crippen molar-refractivity contribution in [2.75, 3.05) is 14.1 Å². The molecule has 1 aromatic rings. The van der Waals surface area contributed by atoms with Crippen LogP contribution in [0.4, 0.5) is 4.39 Å². The third-order valence-electron chi connectivity index (χ3n) is 1.92. The summed E-state index contributed by atoms with van der Waals surface area (Å²) in [7, 11) is -0.703.